The average molecular weight is 575 g/mol. The average Bonchev–Trinajstić information content (AvgIpc) is 3.38. The van der Waals surface area contributed by atoms with E-state index in [0.29, 0.717) is 39.8 Å². The van der Waals surface area contributed by atoms with Gasteiger partial charge in [-0.3, -0.25) is 0 Å². The van der Waals surface area contributed by atoms with E-state index < -0.39 is 12.0 Å². The number of rotatable bonds is 11. The Hall–Kier alpha value is -3.75. The molecule has 1 aliphatic heterocycles. The molecule has 0 spiro atoms. The maximum Gasteiger partial charge on any atom is 0.338 e. The lowest BCUT2D eigenvalue weighted by Crippen LogP contribution is -2.29. The predicted octanol–water partition coefficient (Wildman–Crippen LogP) is 7.44. The fourth-order valence-corrected chi connectivity index (χ4v) is 5.55. The molecule has 3 aromatic carbocycles. The lowest BCUT2D eigenvalue weighted by molar-refractivity contribution is -0.140. The molecule has 7 nitrogen and oxygen atoms in total. The van der Waals surface area contributed by atoms with Crippen molar-refractivity contribution in [3.05, 3.63) is 112 Å². The Balaban J connectivity index is 1.46. The van der Waals surface area contributed by atoms with Crippen LogP contribution in [0.4, 0.5) is 5.95 Å². The van der Waals surface area contributed by atoms with Crippen molar-refractivity contribution in [2.24, 2.45) is 0 Å². The number of esters is 1. The summed E-state index contributed by atoms with van der Waals surface area (Å²) in [4.78, 5) is 18.3. The van der Waals surface area contributed by atoms with Crippen molar-refractivity contribution < 1.29 is 14.3 Å². The molecule has 1 aromatic heterocycles. The van der Waals surface area contributed by atoms with Crippen LogP contribution in [0.15, 0.2) is 95.3 Å². The van der Waals surface area contributed by atoms with Gasteiger partial charge < -0.3 is 14.8 Å². The molecular weight excluding hydrogens is 544 g/mol. The number of ether oxygens (including phenoxy) is 2. The highest BCUT2D eigenvalue weighted by atomic mass is 35.5. The van der Waals surface area contributed by atoms with Crippen LogP contribution in [0.5, 0.6) is 5.75 Å². The predicted molar refractivity (Wildman–Crippen MR) is 159 cm³/mol. The number of carbonyl (C=O) groups is 1. The van der Waals surface area contributed by atoms with Gasteiger partial charge in [0.05, 0.1) is 12.2 Å². The summed E-state index contributed by atoms with van der Waals surface area (Å²) in [5.41, 5.74) is 3.92. The number of hydrogen-bond acceptors (Lipinski definition) is 7. The number of nitrogens with one attached hydrogen (secondary N) is 1. The number of fused-ring (bicyclic) bond motifs is 1. The molecule has 0 amide bonds. The van der Waals surface area contributed by atoms with Crippen molar-refractivity contribution in [1.29, 1.82) is 0 Å². The van der Waals surface area contributed by atoms with Crippen molar-refractivity contribution in [3.63, 3.8) is 0 Å². The van der Waals surface area contributed by atoms with Gasteiger partial charge >= 0.3 is 5.97 Å². The van der Waals surface area contributed by atoms with Gasteiger partial charge in [-0.25, -0.2) is 9.48 Å². The monoisotopic (exact) mass is 574 g/mol. The summed E-state index contributed by atoms with van der Waals surface area (Å²) in [5, 5.41) is 9.38. The number of aromatic nitrogens is 3. The Kier molecular flexibility index (Phi) is 9.08. The second kappa shape index (κ2) is 13.1. The molecule has 1 aliphatic rings. The lowest BCUT2D eigenvalue weighted by Gasteiger charge is -2.28. The fourth-order valence-electron chi connectivity index (χ4n) is 4.43. The van der Waals surface area contributed by atoms with Gasteiger partial charge in [0.2, 0.25) is 11.1 Å². The number of unbranched alkanes of at least 4 members (excludes halogenated alkanes) is 1. The van der Waals surface area contributed by atoms with Gasteiger partial charge in [0.15, 0.2) is 0 Å². The first-order valence-corrected chi connectivity index (χ1v) is 14.6. The highest BCUT2D eigenvalue weighted by Crippen LogP contribution is 2.38. The van der Waals surface area contributed by atoms with Crippen molar-refractivity contribution in [2.45, 2.75) is 50.2 Å². The zero-order valence-corrected chi connectivity index (χ0v) is 24.0. The van der Waals surface area contributed by atoms with Crippen LogP contribution in [0, 0.1) is 0 Å². The van der Waals surface area contributed by atoms with Crippen LogP contribution in [0.25, 0.3) is 0 Å². The van der Waals surface area contributed by atoms with E-state index in [1.807, 2.05) is 85.8 Å². The minimum Gasteiger partial charge on any atom is -0.494 e. The first-order chi connectivity index (χ1) is 19.5. The van der Waals surface area contributed by atoms with Gasteiger partial charge in [0.25, 0.3) is 0 Å². The molecule has 0 saturated carbocycles. The largest absolute Gasteiger partial charge is 0.494 e. The van der Waals surface area contributed by atoms with Gasteiger partial charge in [0.1, 0.15) is 18.4 Å². The van der Waals surface area contributed by atoms with Crippen LogP contribution in [0.1, 0.15) is 49.4 Å². The maximum atomic E-state index is 13.6. The summed E-state index contributed by atoms with van der Waals surface area (Å²) >= 11 is 7.85. The highest BCUT2D eigenvalue weighted by Gasteiger charge is 2.35. The first-order valence-electron chi connectivity index (χ1n) is 13.3. The van der Waals surface area contributed by atoms with E-state index in [9.17, 15) is 4.79 Å². The molecule has 1 N–H and O–H groups in total. The van der Waals surface area contributed by atoms with E-state index in [2.05, 4.69) is 12.2 Å². The molecule has 0 aliphatic carbocycles. The number of nitrogens with zero attached hydrogens (tertiary/aromatic N) is 3. The molecule has 0 bridgehead atoms. The van der Waals surface area contributed by atoms with E-state index in [1.54, 1.807) is 4.68 Å². The molecule has 5 rings (SSSR count). The highest BCUT2D eigenvalue weighted by molar-refractivity contribution is 7.98. The number of anilines is 1. The number of carbonyl (C=O) groups excluding carboxylic acids is 1. The number of allylic oxidation sites excluding steroid dienone is 1. The Labute approximate surface area is 243 Å². The van der Waals surface area contributed by atoms with Gasteiger partial charge in [-0.15, -0.1) is 5.10 Å². The van der Waals surface area contributed by atoms with Crippen LogP contribution in [-0.4, -0.2) is 27.3 Å². The molecule has 206 valence electrons. The normalized spacial score (nSPS) is 14.4. The minimum absolute atomic E-state index is 0.173. The van der Waals surface area contributed by atoms with Gasteiger partial charge in [0, 0.05) is 16.5 Å². The van der Waals surface area contributed by atoms with Crippen LogP contribution in [-0.2, 0) is 21.9 Å². The summed E-state index contributed by atoms with van der Waals surface area (Å²) < 4.78 is 13.5. The molecule has 4 aromatic rings. The third-order valence-corrected chi connectivity index (χ3v) is 7.78. The van der Waals surface area contributed by atoms with Gasteiger partial charge in [-0.1, -0.05) is 97.4 Å². The van der Waals surface area contributed by atoms with Gasteiger partial charge in [-0.2, -0.15) is 4.98 Å². The van der Waals surface area contributed by atoms with Crippen LogP contribution < -0.4 is 10.1 Å². The van der Waals surface area contributed by atoms with Crippen molar-refractivity contribution in [3.8, 4) is 5.75 Å². The van der Waals surface area contributed by atoms with E-state index in [-0.39, 0.29) is 6.61 Å². The SMILES string of the molecule is CCCCOc1cccc(C2C(C(=O)OCc3ccccc3)=C(C)Nc3nc(SCc4ccccc4Cl)nn32)c1. The summed E-state index contributed by atoms with van der Waals surface area (Å²) in [5.74, 6) is 1.50. The second-order valence-electron chi connectivity index (χ2n) is 9.45. The van der Waals surface area contributed by atoms with Crippen LogP contribution in [0.3, 0.4) is 0 Å². The van der Waals surface area contributed by atoms with Crippen LogP contribution in [0.2, 0.25) is 5.02 Å². The molecule has 9 heteroatoms. The number of hydrogen-bond donors (Lipinski definition) is 1. The maximum absolute atomic E-state index is 13.6. The third-order valence-electron chi connectivity index (χ3n) is 6.52. The standard InChI is InChI=1S/C31H31ClN4O3S/c1-3-4-17-38-25-15-10-14-23(18-25)28-27(29(37)39-19-22-11-6-5-7-12-22)21(2)33-30-34-31(35-36(28)30)40-20-24-13-8-9-16-26(24)32/h5-16,18,28H,3-4,17,19-20H2,1-2H3,(H,33,34,35). The Morgan fingerprint density at radius 1 is 1.07 bits per heavy atom. The summed E-state index contributed by atoms with van der Waals surface area (Å²) in [6.07, 6.45) is 2.01. The number of halogens is 1. The van der Waals surface area contributed by atoms with E-state index >= 15 is 0 Å². The van der Waals surface area contributed by atoms with Crippen molar-refractivity contribution in [1.82, 2.24) is 14.8 Å². The second-order valence-corrected chi connectivity index (χ2v) is 10.8. The zero-order valence-electron chi connectivity index (χ0n) is 22.5. The molecule has 1 unspecified atom stereocenters. The molecule has 40 heavy (non-hydrogen) atoms. The topological polar surface area (TPSA) is 78.3 Å². The zero-order chi connectivity index (χ0) is 27.9. The Bertz CT molecular complexity index is 1510. The minimum atomic E-state index is -0.545. The fraction of sp³-hybridized carbons (Fsp3) is 0.258. The Morgan fingerprint density at radius 3 is 2.67 bits per heavy atom. The van der Waals surface area contributed by atoms with E-state index in [1.165, 1.54) is 11.8 Å². The molecule has 0 fully saturated rings. The van der Waals surface area contributed by atoms with Gasteiger partial charge in [-0.05, 0) is 48.2 Å². The summed E-state index contributed by atoms with van der Waals surface area (Å²) in [6, 6.07) is 24.6. The van der Waals surface area contributed by atoms with Crippen molar-refractivity contribution in [2.75, 3.05) is 11.9 Å². The molecule has 0 radical (unpaired) electrons. The molecular formula is C31H31ClN4O3S. The first kappa shape index (κ1) is 27.8. The van der Waals surface area contributed by atoms with E-state index in [0.717, 1.165) is 35.3 Å². The summed E-state index contributed by atoms with van der Waals surface area (Å²) in [6.45, 7) is 4.79. The smallest absolute Gasteiger partial charge is 0.338 e. The number of benzene rings is 3. The van der Waals surface area contributed by atoms with Crippen molar-refractivity contribution >= 4 is 35.3 Å². The quantitative estimate of drug-likeness (QED) is 0.113. The molecule has 0 saturated heterocycles. The molecule has 1 atom stereocenters. The Morgan fingerprint density at radius 2 is 1.88 bits per heavy atom. The third kappa shape index (κ3) is 6.51. The lowest BCUT2D eigenvalue weighted by atomic mass is 9.95. The summed E-state index contributed by atoms with van der Waals surface area (Å²) in [7, 11) is 0. The molecule has 2 heterocycles. The van der Waals surface area contributed by atoms with Crippen LogP contribution >= 0.6 is 23.4 Å². The number of thioether (sulfide) groups is 1. The van der Waals surface area contributed by atoms with E-state index in [4.69, 9.17) is 31.2 Å².